The van der Waals surface area contributed by atoms with Crippen LogP contribution in [0.3, 0.4) is 0 Å². The van der Waals surface area contributed by atoms with Crippen LogP contribution in [0.1, 0.15) is 246 Å². The summed E-state index contributed by atoms with van der Waals surface area (Å²) in [6, 6.07) is 20.7. The van der Waals surface area contributed by atoms with Crippen LogP contribution in [0.4, 0.5) is 24.0 Å². The first-order valence-electron chi connectivity index (χ1n) is 46.6. The summed E-state index contributed by atoms with van der Waals surface area (Å²) in [4.78, 5) is 154. The maximum absolute atomic E-state index is 11.9. The number of aliphatic hydroxyl groups is 2. The summed E-state index contributed by atoms with van der Waals surface area (Å²) in [7, 11) is 15.2. The number of rotatable bonds is 41. The summed E-state index contributed by atoms with van der Waals surface area (Å²) in [6.07, 6.45) is 15.1. The first-order chi connectivity index (χ1) is 66.6. The molecule has 5 heterocycles. The van der Waals surface area contributed by atoms with Crippen LogP contribution in [0.2, 0.25) is 39.3 Å². The fraction of sp³-hybridized carbons (Fsp3) is 0.620. The number of esters is 1. The SMILES string of the molecule is CC(C)(C)OC(=O)NCCCC(=O)O.CNOC.CO.CO.COC(=O)CC(CCCN)c1ccc(OC)nc1.CON(C)C(=O)CCCNC(=O)OC(C)(C)C.COc1cc[c-]cn1.COc1ccc(/C(=C\C(C)=O)CCCNC(=O)OC(C)(C)C)cn1.COc1ccc(C(=O)CCCNC(=O)OC(C)(C)C)cn1.COc1ccc(C(CCCNC(=O)OC(C)(C)C)CC(C)=O)cn1.C[Si](C)(C)[N-][Si](C)(C)C.Cl.Cl.Cl.[Li+].[Na+]. The molecule has 41 nitrogen and oxygen atoms in total. The molecule has 48 heteroatoms. The molecule has 0 aromatic carbocycles. The predicted octanol–water partition coefficient (Wildman–Crippen LogP) is 11.7. The van der Waals surface area contributed by atoms with Crippen molar-refractivity contribution in [2.45, 2.75) is 287 Å². The van der Waals surface area contributed by atoms with Gasteiger partial charge in [0.05, 0.1) is 63.3 Å². The number of carbonyl (C=O) groups excluding carboxylic acids is 10. The Balaban J connectivity index is -0.000000161. The van der Waals surface area contributed by atoms with Gasteiger partial charge in [-0.1, -0.05) is 74.1 Å². The van der Waals surface area contributed by atoms with E-state index in [9.17, 15) is 52.7 Å². The minimum atomic E-state index is -1.11. The second kappa shape index (κ2) is 92.8. The van der Waals surface area contributed by atoms with E-state index in [1.54, 1.807) is 192 Å². The molecule has 840 valence electrons. The molecular formula is C100H177Cl3LiN14NaO27Si2. The number of carboxylic acid groups (broad SMARTS) is 1. The van der Waals surface area contributed by atoms with Gasteiger partial charge >= 0.3 is 90.8 Å². The van der Waals surface area contributed by atoms with E-state index >= 15 is 0 Å². The fourth-order valence-corrected chi connectivity index (χ4v) is 18.9. The number of aliphatic hydroxyl groups excluding tert-OH is 2. The molecule has 0 aliphatic carbocycles. The molecule has 0 aliphatic rings. The number of pyridine rings is 5. The molecule has 5 rings (SSSR count). The van der Waals surface area contributed by atoms with Gasteiger partial charge in [-0.15, -0.1) is 43.3 Å². The Hall–Kier alpha value is -9.12. The third-order valence-electron chi connectivity index (χ3n) is 16.5. The number of carbonyl (C=O) groups is 11. The monoisotopic (exact) mass is 2200 g/mol. The molecule has 11 N–H and O–H groups in total. The molecule has 148 heavy (non-hydrogen) atoms. The van der Waals surface area contributed by atoms with Gasteiger partial charge in [0.2, 0.25) is 29.4 Å². The topological polar surface area (TPSA) is 548 Å². The summed E-state index contributed by atoms with van der Waals surface area (Å²) in [6.45, 7) is 46.6. The number of allylic oxidation sites excluding steroid dienone is 2. The number of nitrogens with zero attached hydrogens (tertiary/aromatic N) is 7. The van der Waals surface area contributed by atoms with Crippen molar-refractivity contribution in [1.82, 2.24) is 62.0 Å². The maximum atomic E-state index is 11.9. The van der Waals surface area contributed by atoms with Crippen LogP contribution in [-0.4, -0.2) is 280 Å². The van der Waals surface area contributed by atoms with Crippen LogP contribution in [0.5, 0.6) is 29.4 Å². The number of aliphatic carboxylic acids is 1. The number of alkyl carbamates (subject to hydrolysis) is 5. The van der Waals surface area contributed by atoms with Gasteiger partial charge < -0.3 is 114 Å². The van der Waals surface area contributed by atoms with E-state index in [0.29, 0.717) is 132 Å². The molecule has 2 unspecified atom stereocenters. The Morgan fingerprint density at radius 3 is 1.03 bits per heavy atom. The van der Waals surface area contributed by atoms with Gasteiger partial charge in [0.1, 0.15) is 39.7 Å². The quantitative estimate of drug-likeness (QED) is 0.00254. The van der Waals surface area contributed by atoms with Gasteiger partial charge in [-0.3, -0.25) is 33.8 Å². The van der Waals surface area contributed by atoms with E-state index in [0.717, 1.165) is 67.2 Å². The molecule has 0 aliphatic heterocycles. The number of hydrogen-bond acceptors (Lipinski definition) is 33. The first kappa shape index (κ1) is 161. The molecule has 0 fully saturated rings. The molecule has 0 spiro atoms. The Morgan fingerprint density at radius 1 is 0.453 bits per heavy atom. The van der Waals surface area contributed by atoms with Crippen molar-refractivity contribution in [2.75, 3.05) is 124 Å². The van der Waals surface area contributed by atoms with Gasteiger partial charge in [-0.05, 0) is 234 Å². The molecule has 6 amide bonds. The zero-order chi connectivity index (χ0) is 111. The minimum absolute atomic E-state index is 0. The van der Waals surface area contributed by atoms with E-state index in [1.807, 2.05) is 59.7 Å². The van der Waals surface area contributed by atoms with E-state index < -0.39 is 80.9 Å². The molecule has 5 aromatic heterocycles. The van der Waals surface area contributed by atoms with Gasteiger partial charge in [0.25, 0.3) is 0 Å². The number of nitrogens with one attached hydrogen (secondary N) is 6. The Bertz CT molecular complexity index is 4300. The Morgan fingerprint density at radius 2 is 0.770 bits per heavy atom. The van der Waals surface area contributed by atoms with E-state index in [-0.39, 0.29) is 133 Å². The number of carboxylic acids is 1. The van der Waals surface area contributed by atoms with E-state index in [2.05, 4.69) is 107 Å². The predicted molar refractivity (Wildman–Crippen MR) is 580 cm³/mol. The molecule has 0 saturated heterocycles. The standard InChI is InChI=1S/C18H28N2O4.C18H26N2O4.C15H22N2O4.C13H20N2O3.C11H22N2O4.C9H17NO4.C6H6NO.C6H18NSi2.C2H7NO.2CH4O.3ClH.Li.Na/c2*1-13(21)11-14(15-8-9-16(23-5)20-12-15)7-6-10-19-17(22)24-18(2,3)4;1-15(2,3)21-14(19)16-9-5-6-12(18)11-7-8-13(20-4)17-10-11;1-17-12-6-5-11(9-15-12)10(4-3-7-14)8-13(16)18-2;1-11(2,3)17-10(15)12-8-6-7-9(14)13(4)16-5;1-9(2,3)14-8(13)10-6-4-5-7(11)12;1-8-6-4-2-3-5-7-6;1-8(2,3)7-9(4,5)6;1-3-4-2;2*1-2;;;;;/h8-9,12,14H,6-7,10-11H2,1-5H3,(H,19,22);8-9,11-12H,6-7,10H2,1-5H3,(H,19,22);7-8,10H,5-6,9H2,1-4H3,(H,16,19);5-6,9-10H,3-4,7-8,14H2,1-2H3;6-8H2,1-5H3,(H,12,15);4-6H2,1-3H3,(H,10,13)(H,11,12);2,4-5H,1H3;1-6H3;3H,1-2H3;2*2H,1H3;3*1H;;/q;;;;;;2*-1;;;;;;;2*+1/b;14-11-;;;;;;;;;;;;;;. The summed E-state index contributed by atoms with van der Waals surface area (Å²) in [5.41, 5.74) is 9.67. The summed E-state index contributed by atoms with van der Waals surface area (Å²) in [5, 5.41) is 36.6. The number of methoxy groups -OCH3 is 6. The number of nitrogens with two attached hydrogens (primary N) is 1. The number of aromatic nitrogens is 5. The van der Waals surface area contributed by atoms with Gasteiger partial charge in [-0.2, -0.15) is 0 Å². The molecule has 0 bridgehead atoms. The number of Topliss-reactive ketones (excluding diaryl/α,β-unsaturated/α-hetero) is 2. The second-order valence-electron chi connectivity index (χ2n) is 37.5. The number of hydrogen-bond donors (Lipinski definition) is 10. The fourth-order valence-electron chi connectivity index (χ4n) is 10.9. The summed E-state index contributed by atoms with van der Waals surface area (Å²) >= 11 is 0. The van der Waals surface area contributed by atoms with Crippen molar-refractivity contribution in [1.29, 1.82) is 0 Å². The van der Waals surface area contributed by atoms with Gasteiger partial charge in [-0.25, -0.2) is 66.6 Å². The van der Waals surface area contributed by atoms with Crippen LogP contribution in [0.25, 0.3) is 10.2 Å². The van der Waals surface area contributed by atoms with Crippen LogP contribution < -0.4 is 110 Å². The van der Waals surface area contributed by atoms with Gasteiger partial charge in [0, 0.05) is 141 Å². The van der Waals surface area contributed by atoms with Crippen molar-refractivity contribution >= 4 is 125 Å². The van der Waals surface area contributed by atoms with Crippen LogP contribution in [0, 0.1) is 6.07 Å². The summed E-state index contributed by atoms with van der Waals surface area (Å²) < 4.78 is 59.8. The molecule has 2 atom stereocenters. The second-order valence-corrected chi connectivity index (χ2v) is 47.1. The smallest absolute Gasteiger partial charge is 0.668 e. The third-order valence-corrected chi connectivity index (χ3v) is 21.8. The Kier molecular flexibility index (Phi) is 101. The number of halogens is 3. The van der Waals surface area contributed by atoms with Crippen LogP contribution >= 0.6 is 37.2 Å². The average Bonchev–Trinajstić information content (AvgIpc) is 0.980. The van der Waals surface area contributed by atoms with Crippen LogP contribution in [-0.2, 0) is 62.1 Å². The van der Waals surface area contributed by atoms with Crippen molar-refractivity contribution in [3.63, 3.8) is 0 Å². The number of hydroxylamine groups is 3. The van der Waals surface area contributed by atoms with E-state index in [4.69, 9.17) is 82.6 Å². The molecular weight excluding hydrogens is 2020 g/mol. The zero-order valence-corrected chi connectivity index (χ0v) is 102. The molecule has 0 saturated carbocycles. The number of amides is 6. The average molecular weight is 2200 g/mol. The van der Waals surface area contributed by atoms with E-state index in [1.165, 1.54) is 34.4 Å². The third kappa shape index (κ3) is 104. The largest absolute Gasteiger partial charge is 1.00 e. The molecule has 5 aromatic rings. The van der Waals surface area contributed by atoms with Crippen molar-refractivity contribution in [3.05, 3.63) is 131 Å². The molecule has 0 radical (unpaired) electrons. The number of ketones is 3. The Labute approximate surface area is 935 Å². The maximum Gasteiger partial charge on any atom is 1.00 e. The number of ether oxygens (including phenoxy) is 11. The normalized spacial score (nSPS) is 10.8. The zero-order valence-electron chi connectivity index (χ0n) is 95.1. The minimum Gasteiger partial charge on any atom is -0.668 e. The van der Waals surface area contributed by atoms with Crippen molar-refractivity contribution in [3.8, 4) is 29.4 Å². The first-order valence-corrected chi connectivity index (χ1v) is 53.5. The van der Waals surface area contributed by atoms with Gasteiger partial charge in [0.15, 0.2) is 11.6 Å². The van der Waals surface area contributed by atoms with Crippen LogP contribution in [0.15, 0.2) is 97.7 Å². The van der Waals surface area contributed by atoms with Crippen molar-refractivity contribution in [2.24, 2.45) is 5.73 Å². The van der Waals surface area contributed by atoms with Crippen molar-refractivity contribution < 1.29 is 178 Å². The summed E-state index contributed by atoms with van der Waals surface area (Å²) in [5.74, 6) is 1.80.